The lowest BCUT2D eigenvalue weighted by atomic mass is 9.93. The maximum absolute atomic E-state index is 13.7. The molecule has 1 aliphatic heterocycles. The number of aliphatic hydroxyl groups excluding tert-OH is 1. The minimum Gasteiger partial charge on any atom is -0.393 e. The summed E-state index contributed by atoms with van der Waals surface area (Å²) >= 11 is 0. The number of ether oxygens (including phenoxy) is 2. The third-order valence-corrected chi connectivity index (χ3v) is 5.70. The zero-order valence-corrected chi connectivity index (χ0v) is 17.8. The molecule has 0 spiro atoms. The number of aliphatic hydroxyl groups is 1. The summed E-state index contributed by atoms with van der Waals surface area (Å²) in [5, 5.41) is 16.3. The minimum atomic E-state index is -0.954. The van der Waals surface area contributed by atoms with E-state index in [0.29, 0.717) is 37.1 Å². The highest BCUT2D eigenvalue weighted by atomic mass is 19.1. The number of hydrogen-bond acceptors (Lipinski definition) is 8. The smallest absolute Gasteiger partial charge is 0.224 e. The largest absolute Gasteiger partial charge is 0.393 e. The Morgan fingerprint density at radius 3 is 2.71 bits per heavy atom. The molecular formula is C22H30FN5O3. The average Bonchev–Trinajstić information content (AvgIpc) is 3.34. The summed E-state index contributed by atoms with van der Waals surface area (Å²) in [4.78, 5) is 13.5. The summed E-state index contributed by atoms with van der Waals surface area (Å²) in [6, 6.07) is 3.99. The number of nitrogens with zero attached hydrogens (tertiary/aromatic N) is 3. The first kappa shape index (κ1) is 21.9. The van der Waals surface area contributed by atoms with Crippen LogP contribution in [0.25, 0.3) is 11.3 Å². The van der Waals surface area contributed by atoms with Gasteiger partial charge in [0, 0.05) is 30.5 Å². The van der Waals surface area contributed by atoms with Gasteiger partial charge in [-0.3, -0.25) is 4.98 Å². The van der Waals surface area contributed by atoms with Crippen molar-refractivity contribution in [1.82, 2.24) is 15.0 Å². The number of nitrogens with one attached hydrogen (secondary N) is 2. The number of rotatable bonds is 8. The number of alkyl halides is 1. The van der Waals surface area contributed by atoms with Gasteiger partial charge < -0.3 is 25.2 Å². The molecule has 1 aliphatic carbocycles. The van der Waals surface area contributed by atoms with Crippen molar-refractivity contribution < 1.29 is 19.0 Å². The van der Waals surface area contributed by atoms with Crippen molar-refractivity contribution in [1.29, 1.82) is 0 Å². The van der Waals surface area contributed by atoms with Crippen LogP contribution in [0.2, 0.25) is 0 Å². The molecule has 0 radical (unpaired) electrons. The highest BCUT2D eigenvalue weighted by molar-refractivity contribution is 5.73. The van der Waals surface area contributed by atoms with Crippen molar-refractivity contribution in [3.63, 3.8) is 0 Å². The quantitative estimate of drug-likeness (QED) is 0.584. The van der Waals surface area contributed by atoms with Crippen molar-refractivity contribution in [2.75, 3.05) is 30.4 Å². The van der Waals surface area contributed by atoms with Gasteiger partial charge in [0.1, 0.15) is 12.0 Å². The molecule has 2 fully saturated rings. The fraction of sp³-hybridized carbons (Fsp3) is 0.591. The summed E-state index contributed by atoms with van der Waals surface area (Å²) < 4.78 is 24.9. The predicted octanol–water partition coefficient (Wildman–Crippen LogP) is 3.46. The molecule has 3 N–H and O–H groups in total. The van der Waals surface area contributed by atoms with Crippen LogP contribution in [-0.2, 0) is 9.47 Å². The van der Waals surface area contributed by atoms with E-state index in [4.69, 9.17) is 9.47 Å². The lowest BCUT2D eigenvalue weighted by Gasteiger charge is -2.27. The molecule has 0 amide bonds. The van der Waals surface area contributed by atoms with Crippen LogP contribution in [0.3, 0.4) is 0 Å². The van der Waals surface area contributed by atoms with Crippen LogP contribution in [0, 0.1) is 0 Å². The molecule has 4 rings (SSSR count). The summed E-state index contributed by atoms with van der Waals surface area (Å²) in [5.74, 6) is 1.01. The molecule has 2 aromatic heterocycles. The first-order chi connectivity index (χ1) is 15.1. The predicted molar refractivity (Wildman–Crippen MR) is 115 cm³/mol. The monoisotopic (exact) mass is 431 g/mol. The number of anilines is 2. The van der Waals surface area contributed by atoms with Crippen molar-refractivity contribution >= 4 is 11.8 Å². The second-order valence-electron chi connectivity index (χ2n) is 8.04. The van der Waals surface area contributed by atoms with Gasteiger partial charge in [0.15, 0.2) is 6.29 Å². The number of aromatic nitrogens is 3. The van der Waals surface area contributed by atoms with Crippen molar-refractivity contribution in [2.24, 2.45) is 0 Å². The Balaban J connectivity index is 1.60. The summed E-state index contributed by atoms with van der Waals surface area (Å²) in [7, 11) is 0. The second kappa shape index (κ2) is 10.3. The lowest BCUT2D eigenvalue weighted by Crippen LogP contribution is -2.29. The Kier molecular flexibility index (Phi) is 7.26. The van der Waals surface area contributed by atoms with Gasteiger partial charge in [-0.15, -0.1) is 0 Å². The summed E-state index contributed by atoms with van der Waals surface area (Å²) in [5.41, 5.74) is 2.35. The fourth-order valence-corrected chi connectivity index (χ4v) is 3.82. The highest BCUT2D eigenvalue weighted by Crippen LogP contribution is 2.31. The van der Waals surface area contributed by atoms with Crippen LogP contribution in [0.15, 0.2) is 24.5 Å². The van der Waals surface area contributed by atoms with Gasteiger partial charge in [-0.1, -0.05) is 6.92 Å². The van der Waals surface area contributed by atoms with E-state index in [-0.39, 0.29) is 18.7 Å². The zero-order valence-electron chi connectivity index (χ0n) is 17.8. The average molecular weight is 432 g/mol. The van der Waals surface area contributed by atoms with E-state index in [2.05, 4.69) is 25.6 Å². The molecule has 31 heavy (non-hydrogen) atoms. The van der Waals surface area contributed by atoms with Crippen molar-refractivity contribution in [2.45, 2.75) is 63.6 Å². The molecular weight excluding hydrogens is 401 g/mol. The molecule has 1 saturated carbocycles. The normalized spacial score (nSPS) is 22.9. The Morgan fingerprint density at radius 1 is 1.19 bits per heavy atom. The van der Waals surface area contributed by atoms with Gasteiger partial charge in [0.2, 0.25) is 5.95 Å². The third-order valence-electron chi connectivity index (χ3n) is 5.70. The number of halogens is 1. The first-order valence-corrected chi connectivity index (χ1v) is 11.0. The third kappa shape index (κ3) is 5.66. The van der Waals surface area contributed by atoms with Crippen molar-refractivity contribution in [3.05, 3.63) is 30.1 Å². The lowest BCUT2D eigenvalue weighted by molar-refractivity contribution is -0.0441. The van der Waals surface area contributed by atoms with Gasteiger partial charge in [0.25, 0.3) is 0 Å². The van der Waals surface area contributed by atoms with E-state index in [1.807, 2.05) is 12.1 Å². The molecule has 8 nitrogen and oxygen atoms in total. The van der Waals surface area contributed by atoms with Gasteiger partial charge in [-0.2, -0.15) is 4.98 Å². The van der Waals surface area contributed by atoms with E-state index in [9.17, 15) is 9.50 Å². The molecule has 0 aromatic carbocycles. The summed E-state index contributed by atoms with van der Waals surface area (Å²) in [6.07, 6.45) is 5.50. The Labute approximate surface area is 181 Å². The van der Waals surface area contributed by atoms with Gasteiger partial charge in [0.05, 0.1) is 30.6 Å². The van der Waals surface area contributed by atoms with Crippen LogP contribution in [0.4, 0.5) is 16.2 Å². The zero-order chi connectivity index (χ0) is 21.6. The maximum atomic E-state index is 13.7. The van der Waals surface area contributed by atoms with E-state index in [1.165, 1.54) is 0 Å². The topological polar surface area (TPSA) is 101 Å². The molecule has 2 aliphatic rings. The molecule has 9 heteroatoms. The van der Waals surface area contributed by atoms with Crippen molar-refractivity contribution in [3.8, 4) is 11.3 Å². The van der Waals surface area contributed by atoms with E-state index < -0.39 is 12.5 Å². The highest BCUT2D eigenvalue weighted by Gasteiger charge is 2.23. The van der Waals surface area contributed by atoms with Crippen LogP contribution in [-0.4, -0.2) is 58.1 Å². The molecule has 0 unspecified atom stereocenters. The number of hydrogen-bond donors (Lipinski definition) is 3. The van der Waals surface area contributed by atoms with E-state index >= 15 is 0 Å². The van der Waals surface area contributed by atoms with Gasteiger partial charge in [-0.25, -0.2) is 9.37 Å². The first-order valence-electron chi connectivity index (χ1n) is 11.0. The molecule has 0 bridgehead atoms. The molecule has 1 atom stereocenters. The summed E-state index contributed by atoms with van der Waals surface area (Å²) in [6.45, 7) is 3.10. The molecule has 2 aromatic rings. The standard InChI is InChI=1S/C22H30FN5O3/c1-2-15(23)12-25-22-26-13-18(20(28-22)27-16-3-5-17(29)6-4-16)19-11-14(7-8-24-19)21-30-9-10-31-21/h7-8,11,13,15-17,21,29H,2-6,9-10,12H2,1H3,(H2,25,26,27,28)/t15-,16-,17-/m0/s1. The van der Waals surface area contributed by atoms with Gasteiger partial charge in [-0.05, 0) is 44.2 Å². The van der Waals surface area contributed by atoms with Gasteiger partial charge >= 0.3 is 0 Å². The second-order valence-corrected chi connectivity index (χ2v) is 8.04. The number of pyridine rings is 1. The Morgan fingerprint density at radius 2 is 1.97 bits per heavy atom. The van der Waals surface area contributed by atoms with Crippen LogP contribution < -0.4 is 10.6 Å². The molecule has 168 valence electrons. The Bertz CT molecular complexity index is 857. The minimum absolute atomic E-state index is 0.162. The van der Waals surface area contributed by atoms with Crippen LogP contribution in [0.1, 0.15) is 50.9 Å². The van der Waals surface area contributed by atoms with E-state index in [0.717, 1.165) is 36.8 Å². The van der Waals surface area contributed by atoms with Crippen LogP contribution >= 0.6 is 0 Å². The SMILES string of the molecule is CC[C@H](F)CNc1ncc(-c2cc(C3OCCO3)ccn2)c(N[C@H]2CC[C@H](O)CC2)n1. The maximum Gasteiger partial charge on any atom is 0.224 e. The van der Waals surface area contributed by atoms with Crippen LogP contribution in [0.5, 0.6) is 0 Å². The van der Waals surface area contributed by atoms with E-state index in [1.54, 1.807) is 19.3 Å². The molecule has 1 saturated heterocycles. The Hall–Kier alpha value is -2.36. The fourth-order valence-electron chi connectivity index (χ4n) is 3.82. The molecule has 3 heterocycles.